The number of aryl methyl sites for hydroxylation is 1. The van der Waals surface area contributed by atoms with Gasteiger partial charge in [-0.1, -0.05) is 6.07 Å². The Morgan fingerprint density at radius 2 is 2.32 bits per heavy atom. The number of halogens is 1. The number of amides is 1. The predicted molar refractivity (Wildman–Crippen MR) is 73.7 cm³/mol. The van der Waals surface area contributed by atoms with E-state index in [1.165, 1.54) is 6.07 Å². The van der Waals surface area contributed by atoms with E-state index in [1.54, 1.807) is 19.1 Å². The maximum Gasteiger partial charge on any atom is 0.254 e. The fourth-order valence-corrected chi connectivity index (χ4v) is 2.56. The minimum Gasteiger partial charge on any atom is -0.335 e. The summed E-state index contributed by atoms with van der Waals surface area (Å²) in [6, 6.07) is 4.93. The second kappa shape index (κ2) is 6.15. The van der Waals surface area contributed by atoms with Gasteiger partial charge in [0.15, 0.2) is 0 Å². The zero-order chi connectivity index (χ0) is 13.8. The van der Waals surface area contributed by atoms with Crippen LogP contribution in [0.15, 0.2) is 18.2 Å². The quantitative estimate of drug-likeness (QED) is 0.909. The number of nitrogens with one attached hydrogen (secondary N) is 1. The third-order valence-electron chi connectivity index (χ3n) is 3.73. The molecule has 1 aromatic carbocycles. The molecule has 1 fully saturated rings. The molecule has 1 aliphatic heterocycles. The monoisotopic (exact) mass is 264 g/mol. The molecular weight excluding hydrogens is 243 g/mol. The molecule has 1 saturated heterocycles. The Kier molecular flexibility index (Phi) is 4.53. The predicted octanol–water partition coefficient (Wildman–Crippen LogP) is 2.35. The van der Waals surface area contributed by atoms with Gasteiger partial charge in [-0.25, -0.2) is 4.39 Å². The van der Waals surface area contributed by atoms with Gasteiger partial charge in [0.05, 0.1) is 0 Å². The van der Waals surface area contributed by atoms with Crippen molar-refractivity contribution >= 4 is 5.91 Å². The number of piperidine rings is 1. The Hall–Kier alpha value is -1.42. The third-order valence-corrected chi connectivity index (χ3v) is 3.73. The van der Waals surface area contributed by atoms with Crippen LogP contribution in [0.4, 0.5) is 4.39 Å². The highest BCUT2D eigenvalue weighted by Crippen LogP contribution is 2.16. The van der Waals surface area contributed by atoms with Crippen LogP contribution in [-0.4, -0.2) is 36.5 Å². The van der Waals surface area contributed by atoms with E-state index < -0.39 is 0 Å². The number of nitrogens with zero attached hydrogens (tertiary/aromatic N) is 1. The van der Waals surface area contributed by atoms with Crippen molar-refractivity contribution in [2.24, 2.45) is 0 Å². The molecule has 19 heavy (non-hydrogen) atoms. The first-order valence-electron chi connectivity index (χ1n) is 6.91. The number of hydrogen-bond acceptors (Lipinski definition) is 2. The van der Waals surface area contributed by atoms with Crippen molar-refractivity contribution in [3.05, 3.63) is 35.1 Å². The molecule has 1 aliphatic rings. The van der Waals surface area contributed by atoms with Gasteiger partial charge in [0.2, 0.25) is 0 Å². The molecule has 0 saturated carbocycles. The van der Waals surface area contributed by atoms with Crippen LogP contribution in [0, 0.1) is 12.7 Å². The Bertz CT molecular complexity index is 455. The molecule has 1 heterocycles. The molecule has 2 rings (SSSR count). The van der Waals surface area contributed by atoms with Gasteiger partial charge >= 0.3 is 0 Å². The summed E-state index contributed by atoms with van der Waals surface area (Å²) in [5.74, 6) is -0.390. The summed E-state index contributed by atoms with van der Waals surface area (Å²) in [6.45, 7) is 6.17. The SMILES string of the molecule is CCN(C(=O)c1ccc(C)c(F)c1)C1CCCNC1. The van der Waals surface area contributed by atoms with E-state index in [0.717, 1.165) is 25.9 Å². The van der Waals surface area contributed by atoms with Crippen molar-refractivity contribution in [2.45, 2.75) is 32.7 Å². The molecule has 0 aromatic heterocycles. The van der Waals surface area contributed by atoms with Crippen LogP contribution in [0.5, 0.6) is 0 Å². The largest absolute Gasteiger partial charge is 0.335 e. The molecule has 0 bridgehead atoms. The average Bonchev–Trinajstić information content (AvgIpc) is 2.44. The van der Waals surface area contributed by atoms with Crippen LogP contribution in [0.2, 0.25) is 0 Å². The summed E-state index contributed by atoms with van der Waals surface area (Å²) in [6.07, 6.45) is 2.09. The van der Waals surface area contributed by atoms with Gasteiger partial charge in [-0.15, -0.1) is 0 Å². The van der Waals surface area contributed by atoms with Crippen LogP contribution in [0.25, 0.3) is 0 Å². The molecule has 0 aliphatic carbocycles. The smallest absolute Gasteiger partial charge is 0.254 e. The van der Waals surface area contributed by atoms with Gasteiger partial charge in [-0.05, 0) is 50.9 Å². The highest BCUT2D eigenvalue weighted by molar-refractivity contribution is 5.94. The first-order valence-corrected chi connectivity index (χ1v) is 6.91. The molecule has 0 radical (unpaired) electrons. The summed E-state index contributed by atoms with van der Waals surface area (Å²) < 4.78 is 13.6. The molecule has 1 aromatic rings. The van der Waals surface area contributed by atoms with E-state index in [4.69, 9.17) is 0 Å². The van der Waals surface area contributed by atoms with Crippen molar-refractivity contribution in [2.75, 3.05) is 19.6 Å². The van der Waals surface area contributed by atoms with Crippen molar-refractivity contribution in [1.29, 1.82) is 0 Å². The minimum absolute atomic E-state index is 0.0740. The number of likely N-dealkylation sites (N-methyl/N-ethyl adjacent to an activating group) is 1. The standard InChI is InChI=1S/C15H21FN2O/c1-3-18(13-5-4-8-17-10-13)15(19)12-7-6-11(2)14(16)9-12/h6-7,9,13,17H,3-5,8,10H2,1-2H3. The van der Waals surface area contributed by atoms with Gasteiger partial charge < -0.3 is 10.2 Å². The molecule has 1 N–H and O–H groups in total. The minimum atomic E-state index is -0.316. The molecule has 104 valence electrons. The Balaban J connectivity index is 2.17. The fraction of sp³-hybridized carbons (Fsp3) is 0.533. The lowest BCUT2D eigenvalue weighted by Crippen LogP contribution is -2.48. The molecule has 1 amide bonds. The van der Waals surface area contributed by atoms with Crippen molar-refractivity contribution < 1.29 is 9.18 Å². The van der Waals surface area contributed by atoms with Gasteiger partial charge in [-0.2, -0.15) is 0 Å². The molecule has 1 unspecified atom stereocenters. The van der Waals surface area contributed by atoms with E-state index in [0.29, 0.717) is 17.7 Å². The van der Waals surface area contributed by atoms with Gasteiger partial charge in [0.1, 0.15) is 5.82 Å². The average molecular weight is 264 g/mol. The Morgan fingerprint density at radius 1 is 1.53 bits per heavy atom. The summed E-state index contributed by atoms with van der Waals surface area (Å²) in [5, 5.41) is 3.31. The van der Waals surface area contributed by atoms with Crippen LogP contribution < -0.4 is 5.32 Å². The van der Waals surface area contributed by atoms with E-state index in [1.807, 2.05) is 11.8 Å². The first-order chi connectivity index (χ1) is 9.13. The maximum atomic E-state index is 13.6. The lowest BCUT2D eigenvalue weighted by Gasteiger charge is -2.34. The van der Waals surface area contributed by atoms with Crippen LogP contribution in [-0.2, 0) is 0 Å². The van der Waals surface area contributed by atoms with Gasteiger partial charge in [-0.3, -0.25) is 4.79 Å². The number of carbonyl (C=O) groups is 1. The van der Waals surface area contributed by atoms with Crippen LogP contribution in [0.3, 0.4) is 0 Å². The molecular formula is C15H21FN2O. The number of rotatable bonds is 3. The second-order valence-electron chi connectivity index (χ2n) is 5.06. The third kappa shape index (κ3) is 3.13. The molecule has 4 heteroatoms. The zero-order valence-corrected chi connectivity index (χ0v) is 11.6. The van der Waals surface area contributed by atoms with Gasteiger partial charge in [0.25, 0.3) is 5.91 Å². The normalized spacial score (nSPS) is 19.2. The molecule has 3 nitrogen and oxygen atoms in total. The van der Waals surface area contributed by atoms with E-state index in [9.17, 15) is 9.18 Å². The summed E-state index contributed by atoms with van der Waals surface area (Å²) in [5.41, 5.74) is 1.01. The lowest BCUT2D eigenvalue weighted by atomic mass is 10.0. The van der Waals surface area contributed by atoms with Crippen molar-refractivity contribution in [3.63, 3.8) is 0 Å². The fourth-order valence-electron chi connectivity index (χ4n) is 2.56. The lowest BCUT2D eigenvalue weighted by molar-refractivity contribution is 0.0661. The highest BCUT2D eigenvalue weighted by Gasteiger charge is 2.25. The maximum absolute atomic E-state index is 13.6. The van der Waals surface area contributed by atoms with Crippen molar-refractivity contribution in [3.8, 4) is 0 Å². The number of benzene rings is 1. The highest BCUT2D eigenvalue weighted by atomic mass is 19.1. The Morgan fingerprint density at radius 3 is 2.89 bits per heavy atom. The summed E-state index contributed by atoms with van der Waals surface area (Å²) >= 11 is 0. The molecule has 0 spiro atoms. The van der Waals surface area contributed by atoms with E-state index in [2.05, 4.69) is 5.32 Å². The van der Waals surface area contributed by atoms with E-state index >= 15 is 0 Å². The number of hydrogen-bond donors (Lipinski definition) is 1. The van der Waals surface area contributed by atoms with Crippen LogP contribution in [0.1, 0.15) is 35.7 Å². The second-order valence-corrected chi connectivity index (χ2v) is 5.06. The zero-order valence-electron chi connectivity index (χ0n) is 11.6. The van der Waals surface area contributed by atoms with Crippen molar-refractivity contribution in [1.82, 2.24) is 10.2 Å². The summed E-state index contributed by atoms with van der Waals surface area (Å²) in [4.78, 5) is 14.3. The van der Waals surface area contributed by atoms with Crippen LogP contribution >= 0.6 is 0 Å². The van der Waals surface area contributed by atoms with E-state index in [-0.39, 0.29) is 17.8 Å². The Labute approximate surface area is 113 Å². The molecule has 1 atom stereocenters. The summed E-state index contributed by atoms with van der Waals surface area (Å²) in [7, 11) is 0. The topological polar surface area (TPSA) is 32.3 Å². The first kappa shape index (κ1) is 14.0. The van der Waals surface area contributed by atoms with Gasteiger partial charge in [0, 0.05) is 24.7 Å². The number of carbonyl (C=O) groups excluding carboxylic acids is 1.